The van der Waals surface area contributed by atoms with Gasteiger partial charge in [-0.1, -0.05) is 272 Å². The zero-order valence-corrected chi connectivity index (χ0v) is 55.1. The molecule has 0 aromatic rings. The average Bonchev–Trinajstić information content (AvgIpc) is 3.48. The zero-order chi connectivity index (χ0) is 61.3. The van der Waals surface area contributed by atoms with Crippen molar-refractivity contribution < 1.29 is 80.2 Å². The highest BCUT2D eigenvalue weighted by Gasteiger charge is 2.30. The molecule has 0 amide bonds. The monoisotopic (exact) mass is 1230 g/mol. The first-order chi connectivity index (χ1) is 40.1. The molecule has 0 rings (SSSR count). The molecule has 17 nitrogen and oxygen atoms in total. The molecule has 3 N–H and O–H groups in total. The van der Waals surface area contributed by atoms with Gasteiger partial charge in [-0.2, -0.15) is 0 Å². The van der Waals surface area contributed by atoms with Gasteiger partial charge < -0.3 is 33.8 Å². The summed E-state index contributed by atoms with van der Waals surface area (Å²) >= 11 is 0. The number of carbonyl (C=O) groups is 4. The number of aliphatic hydroxyl groups is 1. The van der Waals surface area contributed by atoms with E-state index in [-0.39, 0.29) is 25.7 Å². The van der Waals surface area contributed by atoms with Crippen LogP contribution in [0.3, 0.4) is 0 Å². The quantitative estimate of drug-likeness (QED) is 0.0222. The Balaban J connectivity index is 5.20. The van der Waals surface area contributed by atoms with Gasteiger partial charge in [0.1, 0.15) is 19.3 Å². The Morgan fingerprint density at radius 2 is 0.578 bits per heavy atom. The number of ether oxygens (including phenoxy) is 4. The molecule has 0 radical (unpaired) electrons. The molecule has 0 saturated heterocycles. The Bertz CT molecular complexity index is 1620. The van der Waals surface area contributed by atoms with Crippen LogP contribution in [0.15, 0.2) is 0 Å². The molecule has 19 heteroatoms. The highest BCUT2D eigenvalue weighted by Crippen LogP contribution is 2.45. The fourth-order valence-corrected chi connectivity index (χ4v) is 11.1. The van der Waals surface area contributed by atoms with Crippen LogP contribution in [0, 0.1) is 5.92 Å². The van der Waals surface area contributed by atoms with Crippen LogP contribution in [-0.2, 0) is 65.4 Å². The Labute approximate surface area is 505 Å². The number of aliphatic hydroxyl groups excluding tert-OH is 1. The number of phosphoric acid groups is 2. The standard InChI is InChI=1S/C64H124O17P2/c1-6-10-13-16-19-21-22-23-24-25-29-34-38-43-48-62(67)75-54-60(81-64(69)50-45-40-35-30-27-26-28-32-36-41-46-57(5)9-4)56-79-83(72,73)77-52-58(65)51-76-82(70,71)78-55-59(53-74-61(66)47-42-37-31-18-15-12-8-3)80-63(68)49-44-39-33-20-17-14-11-7-2/h57-60,65H,6-56H2,1-5H3,(H,70,71)(H,72,73)/t57?,58-,59+,60+/m0/s1. The molecule has 6 atom stereocenters. The van der Waals surface area contributed by atoms with Crippen LogP contribution in [0.25, 0.3) is 0 Å². The minimum atomic E-state index is -4.94. The van der Waals surface area contributed by atoms with Crippen LogP contribution >= 0.6 is 15.6 Å². The fraction of sp³-hybridized carbons (Fsp3) is 0.938. The van der Waals surface area contributed by atoms with Crippen molar-refractivity contribution in [3.8, 4) is 0 Å². The maximum atomic E-state index is 13.0. The third kappa shape index (κ3) is 57.6. The summed E-state index contributed by atoms with van der Waals surface area (Å²) in [7, 11) is -9.88. The molecule has 0 saturated carbocycles. The minimum absolute atomic E-state index is 0.105. The van der Waals surface area contributed by atoms with Crippen LogP contribution in [0.2, 0.25) is 0 Å². The second-order valence-electron chi connectivity index (χ2n) is 23.4. The van der Waals surface area contributed by atoms with E-state index in [2.05, 4.69) is 34.6 Å². The Morgan fingerprint density at radius 1 is 0.337 bits per heavy atom. The summed E-state index contributed by atoms with van der Waals surface area (Å²) < 4.78 is 67.9. The van der Waals surface area contributed by atoms with Gasteiger partial charge in [0.05, 0.1) is 26.4 Å². The van der Waals surface area contributed by atoms with Crippen molar-refractivity contribution in [2.24, 2.45) is 5.92 Å². The fourth-order valence-electron chi connectivity index (χ4n) is 9.55. The minimum Gasteiger partial charge on any atom is -0.462 e. The van der Waals surface area contributed by atoms with Gasteiger partial charge in [0.15, 0.2) is 12.2 Å². The third-order valence-corrected chi connectivity index (χ3v) is 17.0. The summed E-state index contributed by atoms with van der Waals surface area (Å²) in [6.07, 6.45) is 41.7. The van der Waals surface area contributed by atoms with E-state index in [9.17, 15) is 43.2 Å². The molecule has 0 aromatic heterocycles. The lowest BCUT2D eigenvalue weighted by Crippen LogP contribution is -2.30. The first kappa shape index (κ1) is 81.1. The van der Waals surface area contributed by atoms with E-state index in [1.807, 2.05) is 0 Å². The molecule has 0 aliphatic rings. The molecule has 0 fully saturated rings. The average molecular weight is 1230 g/mol. The van der Waals surface area contributed by atoms with Crippen molar-refractivity contribution in [2.45, 2.75) is 342 Å². The van der Waals surface area contributed by atoms with Crippen LogP contribution in [0.5, 0.6) is 0 Å². The van der Waals surface area contributed by atoms with Crippen LogP contribution in [-0.4, -0.2) is 96.7 Å². The largest absolute Gasteiger partial charge is 0.472 e. The van der Waals surface area contributed by atoms with E-state index in [1.54, 1.807) is 0 Å². The molecule has 0 heterocycles. The molecule has 0 bridgehead atoms. The lowest BCUT2D eigenvalue weighted by molar-refractivity contribution is -0.161. The van der Waals surface area contributed by atoms with Gasteiger partial charge in [0, 0.05) is 25.7 Å². The predicted molar refractivity (Wildman–Crippen MR) is 331 cm³/mol. The number of hydrogen-bond donors (Lipinski definition) is 3. The van der Waals surface area contributed by atoms with Gasteiger partial charge >= 0.3 is 39.5 Å². The molecular formula is C64H124O17P2. The second kappa shape index (κ2) is 57.8. The summed E-state index contributed by atoms with van der Waals surface area (Å²) in [5.41, 5.74) is 0. The van der Waals surface area contributed by atoms with Gasteiger partial charge in [-0.3, -0.25) is 37.3 Å². The van der Waals surface area contributed by atoms with Crippen molar-refractivity contribution in [3.05, 3.63) is 0 Å². The van der Waals surface area contributed by atoms with E-state index < -0.39 is 97.5 Å². The number of esters is 4. The van der Waals surface area contributed by atoms with E-state index >= 15 is 0 Å². The molecule has 0 aliphatic carbocycles. The van der Waals surface area contributed by atoms with Crippen molar-refractivity contribution in [3.63, 3.8) is 0 Å². The summed E-state index contributed by atoms with van der Waals surface area (Å²) in [5, 5.41) is 10.5. The number of hydrogen-bond acceptors (Lipinski definition) is 15. The first-order valence-corrected chi connectivity index (χ1v) is 36.7. The Hall–Kier alpha value is -1.94. The highest BCUT2D eigenvalue weighted by molar-refractivity contribution is 7.47. The van der Waals surface area contributed by atoms with Gasteiger partial charge in [-0.25, -0.2) is 9.13 Å². The lowest BCUT2D eigenvalue weighted by atomic mass is 9.99. The van der Waals surface area contributed by atoms with Gasteiger partial charge in [-0.15, -0.1) is 0 Å². The third-order valence-electron chi connectivity index (χ3n) is 15.1. The lowest BCUT2D eigenvalue weighted by Gasteiger charge is -2.21. The van der Waals surface area contributed by atoms with Gasteiger partial charge in [-0.05, 0) is 31.6 Å². The Morgan fingerprint density at radius 3 is 0.855 bits per heavy atom. The molecule has 3 unspecified atom stereocenters. The van der Waals surface area contributed by atoms with E-state index in [4.69, 9.17) is 37.0 Å². The molecule has 0 spiro atoms. The normalized spacial score (nSPS) is 14.6. The van der Waals surface area contributed by atoms with Crippen LogP contribution in [0.1, 0.15) is 324 Å². The number of carbonyl (C=O) groups excluding carboxylic acids is 4. The maximum absolute atomic E-state index is 13.0. The molecule has 0 aromatic carbocycles. The van der Waals surface area contributed by atoms with E-state index in [0.29, 0.717) is 25.7 Å². The van der Waals surface area contributed by atoms with Gasteiger partial charge in [0.2, 0.25) is 0 Å². The number of rotatable bonds is 64. The van der Waals surface area contributed by atoms with Crippen LogP contribution < -0.4 is 0 Å². The zero-order valence-electron chi connectivity index (χ0n) is 53.3. The number of phosphoric ester groups is 2. The molecule has 83 heavy (non-hydrogen) atoms. The summed E-state index contributed by atoms with van der Waals surface area (Å²) in [6.45, 7) is 7.16. The van der Waals surface area contributed by atoms with E-state index in [1.165, 1.54) is 128 Å². The highest BCUT2D eigenvalue weighted by atomic mass is 31.2. The first-order valence-electron chi connectivity index (χ1n) is 33.7. The van der Waals surface area contributed by atoms with E-state index in [0.717, 1.165) is 115 Å². The summed E-state index contributed by atoms with van der Waals surface area (Å²) in [4.78, 5) is 72.0. The second-order valence-corrected chi connectivity index (χ2v) is 26.3. The molecular weight excluding hydrogens is 1100 g/mol. The summed E-state index contributed by atoms with van der Waals surface area (Å²) in [5.74, 6) is -1.33. The van der Waals surface area contributed by atoms with Crippen molar-refractivity contribution in [1.29, 1.82) is 0 Å². The van der Waals surface area contributed by atoms with Crippen molar-refractivity contribution in [2.75, 3.05) is 39.6 Å². The smallest absolute Gasteiger partial charge is 0.462 e. The molecule has 492 valence electrons. The van der Waals surface area contributed by atoms with Crippen molar-refractivity contribution in [1.82, 2.24) is 0 Å². The summed E-state index contributed by atoms with van der Waals surface area (Å²) in [6, 6.07) is 0. The van der Waals surface area contributed by atoms with Crippen molar-refractivity contribution >= 4 is 39.5 Å². The number of unbranched alkanes of at least 4 members (excludes halogenated alkanes) is 35. The Kier molecular flexibility index (Phi) is 56.4. The SMILES string of the molecule is CCCCCCCCCCCCCCCCC(=O)OC[C@H](COP(=O)(O)OC[C@@H](O)COP(=O)(O)OC[C@@H](COC(=O)CCCCCCCCC)OC(=O)CCCCCCCCCC)OC(=O)CCCCCCCCCCCCC(C)CC. The van der Waals surface area contributed by atoms with Crippen LogP contribution in [0.4, 0.5) is 0 Å². The molecule has 0 aliphatic heterocycles. The van der Waals surface area contributed by atoms with Gasteiger partial charge in [0.25, 0.3) is 0 Å². The predicted octanol–water partition coefficient (Wildman–Crippen LogP) is 17.8. The topological polar surface area (TPSA) is 237 Å². The maximum Gasteiger partial charge on any atom is 0.472 e.